The second-order valence-electron chi connectivity index (χ2n) is 2.42. The Morgan fingerprint density at radius 1 is 1.70 bits per heavy atom. The number of primary amides is 1. The van der Waals surface area contributed by atoms with E-state index in [4.69, 9.17) is 10.5 Å². The van der Waals surface area contributed by atoms with E-state index in [0.717, 1.165) is 19.4 Å². The number of nitrogens with one attached hydrogen (secondary N) is 1. The summed E-state index contributed by atoms with van der Waals surface area (Å²) in [4.78, 5) is 10.3. The molecule has 0 bridgehead atoms. The Hall–Kier alpha value is -0.770. The SMILES string of the molecule is NC(=O)N[C@@H]1CCCOC1. The zero-order chi connectivity index (χ0) is 7.40. The number of nitrogens with two attached hydrogens (primary N) is 1. The molecule has 0 aromatic rings. The lowest BCUT2D eigenvalue weighted by atomic mass is 10.1. The van der Waals surface area contributed by atoms with E-state index in [9.17, 15) is 4.79 Å². The number of hydrogen-bond acceptors (Lipinski definition) is 2. The summed E-state index contributed by atoms with van der Waals surface area (Å²) in [7, 11) is 0. The summed E-state index contributed by atoms with van der Waals surface area (Å²) in [5, 5.41) is 2.60. The molecule has 0 spiro atoms. The van der Waals surface area contributed by atoms with E-state index in [1.54, 1.807) is 0 Å². The lowest BCUT2D eigenvalue weighted by Gasteiger charge is -2.21. The maximum absolute atomic E-state index is 10.3. The molecular weight excluding hydrogens is 132 g/mol. The molecule has 1 rings (SSSR count). The molecule has 3 N–H and O–H groups in total. The Morgan fingerprint density at radius 3 is 3.00 bits per heavy atom. The zero-order valence-corrected chi connectivity index (χ0v) is 5.80. The molecule has 2 amide bonds. The van der Waals surface area contributed by atoms with Crippen LogP contribution < -0.4 is 11.1 Å². The van der Waals surface area contributed by atoms with Crippen LogP contribution in [0.3, 0.4) is 0 Å². The van der Waals surface area contributed by atoms with Crippen LogP contribution in [0.5, 0.6) is 0 Å². The summed E-state index contributed by atoms with van der Waals surface area (Å²) in [6.07, 6.45) is 1.98. The third kappa shape index (κ3) is 2.23. The zero-order valence-electron chi connectivity index (χ0n) is 5.80. The van der Waals surface area contributed by atoms with Gasteiger partial charge in [-0.3, -0.25) is 0 Å². The van der Waals surface area contributed by atoms with Crippen LogP contribution in [0.4, 0.5) is 4.79 Å². The van der Waals surface area contributed by atoms with Crippen molar-refractivity contribution in [2.24, 2.45) is 5.73 Å². The lowest BCUT2D eigenvalue weighted by Crippen LogP contribution is -2.43. The number of carbonyl (C=O) groups excluding carboxylic acids is 1. The van der Waals surface area contributed by atoms with Crippen LogP contribution in [0.25, 0.3) is 0 Å². The summed E-state index contributed by atoms with van der Waals surface area (Å²) in [6, 6.07) is -0.332. The van der Waals surface area contributed by atoms with Gasteiger partial charge in [-0.25, -0.2) is 4.79 Å². The number of amides is 2. The minimum Gasteiger partial charge on any atom is -0.379 e. The molecule has 58 valence electrons. The fraction of sp³-hybridized carbons (Fsp3) is 0.833. The smallest absolute Gasteiger partial charge is 0.312 e. The monoisotopic (exact) mass is 144 g/mol. The predicted molar refractivity (Wildman–Crippen MR) is 36.6 cm³/mol. The average Bonchev–Trinajstić information content (AvgIpc) is 1.88. The van der Waals surface area contributed by atoms with Gasteiger partial charge in [-0.15, -0.1) is 0 Å². The molecule has 1 aliphatic rings. The van der Waals surface area contributed by atoms with E-state index in [1.165, 1.54) is 0 Å². The molecule has 4 nitrogen and oxygen atoms in total. The molecule has 1 aliphatic heterocycles. The van der Waals surface area contributed by atoms with Gasteiger partial charge in [0.25, 0.3) is 0 Å². The highest BCUT2D eigenvalue weighted by molar-refractivity contribution is 5.71. The Morgan fingerprint density at radius 2 is 2.50 bits per heavy atom. The summed E-state index contributed by atoms with van der Waals surface area (Å²) in [5.41, 5.74) is 4.92. The third-order valence-electron chi connectivity index (χ3n) is 1.51. The Balaban J connectivity index is 2.19. The first-order valence-electron chi connectivity index (χ1n) is 3.43. The molecule has 1 heterocycles. The summed E-state index contributed by atoms with van der Waals surface area (Å²) < 4.78 is 5.11. The number of rotatable bonds is 1. The molecule has 1 fully saturated rings. The average molecular weight is 144 g/mol. The van der Waals surface area contributed by atoms with Crippen molar-refractivity contribution in [2.75, 3.05) is 13.2 Å². The first-order chi connectivity index (χ1) is 4.79. The van der Waals surface area contributed by atoms with Crippen molar-refractivity contribution < 1.29 is 9.53 Å². The van der Waals surface area contributed by atoms with E-state index in [2.05, 4.69) is 5.32 Å². The molecule has 1 atom stereocenters. The molecule has 10 heavy (non-hydrogen) atoms. The van der Waals surface area contributed by atoms with Gasteiger partial charge in [0.1, 0.15) is 0 Å². The van der Waals surface area contributed by atoms with E-state index < -0.39 is 6.03 Å². The fourth-order valence-electron chi connectivity index (χ4n) is 1.06. The largest absolute Gasteiger partial charge is 0.379 e. The first-order valence-corrected chi connectivity index (χ1v) is 3.43. The summed E-state index contributed by atoms with van der Waals surface area (Å²) in [6.45, 7) is 1.40. The Bertz CT molecular complexity index is 121. The summed E-state index contributed by atoms with van der Waals surface area (Å²) in [5.74, 6) is 0. The van der Waals surface area contributed by atoms with Gasteiger partial charge < -0.3 is 15.8 Å². The van der Waals surface area contributed by atoms with E-state index >= 15 is 0 Å². The van der Waals surface area contributed by atoms with Crippen LogP contribution in [-0.2, 0) is 4.74 Å². The van der Waals surface area contributed by atoms with Crippen LogP contribution in [0.15, 0.2) is 0 Å². The minimum absolute atomic E-state index is 0.131. The molecule has 0 radical (unpaired) electrons. The summed E-state index contributed by atoms with van der Waals surface area (Å²) >= 11 is 0. The number of urea groups is 1. The van der Waals surface area contributed by atoms with Crippen molar-refractivity contribution in [3.8, 4) is 0 Å². The van der Waals surface area contributed by atoms with E-state index in [1.807, 2.05) is 0 Å². The van der Waals surface area contributed by atoms with E-state index in [0.29, 0.717) is 6.61 Å². The number of hydrogen-bond donors (Lipinski definition) is 2. The molecule has 0 aromatic heterocycles. The minimum atomic E-state index is -0.462. The van der Waals surface area contributed by atoms with Crippen LogP contribution in [0.1, 0.15) is 12.8 Å². The van der Waals surface area contributed by atoms with Crippen molar-refractivity contribution in [1.82, 2.24) is 5.32 Å². The molecule has 4 heteroatoms. The van der Waals surface area contributed by atoms with Gasteiger partial charge in [-0.1, -0.05) is 0 Å². The van der Waals surface area contributed by atoms with Gasteiger partial charge in [-0.05, 0) is 12.8 Å². The standard InChI is InChI=1S/C6H12N2O2/c7-6(9)8-5-2-1-3-10-4-5/h5H,1-4H2,(H3,7,8,9)/t5-/m1/s1. The Kier molecular flexibility index (Phi) is 2.50. The highest BCUT2D eigenvalue weighted by Gasteiger charge is 2.13. The Labute approximate surface area is 59.7 Å². The molecule has 0 aromatic carbocycles. The number of ether oxygens (including phenoxy) is 1. The predicted octanol–water partition coefficient (Wildman–Crippen LogP) is -0.166. The maximum Gasteiger partial charge on any atom is 0.312 e. The van der Waals surface area contributed by atoms with Gasteiger partial charge in [0.05, 0.1) is 12.6 Å². The highest BCUT2D eigenvalue weighted by Crippen LogP contribution is 2.04. The van der Waals surface area contributed by atoms with Gasteiger partial charge in [-0.2, -0.15) is 0 Å². The first kappa shape index (κ1) is 7.34. The topological polar surface area (TPSA) is 64.4 Å². The van der Waals surface area contributed by atoms with Crippen LogP contribution in [-0.4, -0.2) is 25.3 Å². The van der Waals surface area contributed by atoms with Gasteiger partial charge in [0.15, 0.2) is 0 Å². The fourth-order valence-corrected chi connectivity index (χ4v) is 1.06. The lowest BCUT2D eigenvalue weighted by molar-refractivity contribution is 0.0737. The van der Waals surface area contributed by atoms with Crippen molar-refractivity contribution in [2.45, 2.75) is 18.9 Å². The second kappa shape index (κ2) is 3.41. The van der Waals surface area contributed by atoms with Gasteiger partial charge >= 0.3 is 6.03 Å². The van der Waals surface area contributed by atoms with Crippen LogP contribution in [0, 0.1) is 0 Å². The van der Waals surface area contributed by atoms with Crippen molar-refractivity contribution in [3.63, 3.8) is 0 Å². The van der Waals surface area contributed by atoms with Crippen LogP contribution in [0.2, 0.25) is 0 Å². The molecule has 1 saturated heterocycles. The third-order valence-corrected chi connectivity index (χ3v) is 1.51. The van der Waals surface area contributed by atoms with Crippen molar-refractivity contribution in [3.05, 3.63) is 0 Å². The van der Waals surface area contributed by atoms with Crippen LogP contribution >= 0.6 is 0 Å². The molecule has 0 saturated carbocycles. The number of carbonyl (C=O) groups is 1. The molecule has 0 unspecified atom stereocenters. The van der Waals surface area contributed by atoms with Gasteiger partial charge in [0, 0.05) is 6.61 Å². The quantitative estimate of drug-likeness (QED) is 0.536. The van der Waals surface area contributed by atoms with Crippen molar-refractivity contribution in [1.29, 1.82) is 0 Å². The van der Waals surface area contributed by atoms with Gasteiger partial charge in [0.2, 0.25) is 0 Å². The molecule has 0 aliphatic carbocycles. The maximum atomic E-state index is 10.3. The highest BCUT2D eigenvalue weighted by atomic mass is 16.5. The van der Waals surface area contributed by atoms with E-state index in [-0.39, 0.29) is 6.04 Å². The normalized spacial score (nSPS) is 25.8. The second-order valence-corrected chi connectivity index (χ2v) is 2.42. The molecular formula is C6H12N2O2. The van der Waals surface area contributed by atoms with Crippen molar-refractivity contribution >= 4 is 6.03 Å².